The van der Waals surface area contributed by atoms with Crippen LogP contribution >= 0.6 is 0 Å². The zero-order valence-corrected chi connectivity index (χ0v) is 19.3. The maximum Gasteiger partial charge on any atom is 0.343 e. The molecule has 1 aliphatic heterocycles. The van der Waals surface area contributed by atoms with Crippen molar-refractivity contribution in [1.82, 2.24) is 5.32 Å². The van der Waals surface area contributed by atoms with Crippen LogP contribution in [0.3, 0.4) is 0 Å². The highest BCUT2D eigenvalue weighted by molar-refractivity contribution is 6.01. The van der Waals surface area contributed by atoms with Gasteiger partial charge in [-0.2, -0.15) is 5.26 Å². The van der Waals surface area contributed by atoms with Crippen molar-refractivity contribution in [3.05, 3.63) is 53.1 Å². The summed E-state index contributed by atoms with van der Waals surface area (Å²) >= 11 is 0. The molecule has 178 valence electrons. The van der Waals surface area contributed by atoms with E-state index in [4.69, 9.17) is 23.7 Å². The van der Waals surface area contributed by atoms with Crippen molar-refractivity contribution in [2.75, 3.05) is 34.5 Å². The Morgan fingerprint density at radius 2 is 1.76 bits per heavy atom. The number of benzene rings is 2. The molecule has 2 aromatic rings. The fraction of sp³-hybridized carbons (Fsp3) is 0.320. The third-order valence-electron chi connectivity index (χ3n) is 5.20. The summed E-state index contributed by atoms with van der Waals surface area (Å²) < 4.78 is 26.7. The van der Waals surface area contributed by atoms with E-state index in [1.807, 2.05) is 6.07 Å². The standard InChI is InChI=1S/C25H26N2O7/c1-30-20-9-7-17(13-23(20)32-3)25(29)34-21-8-6-16(12-22(21)31-2)11-18(14-26)24(28)27-15-19-5-4-10-33-19/h6-9,11-13,19H,4-5,10,15H2,1-3H3,(H,27,28)/b18-11-/t19-/m0/s1. The van der Waals surface area contributed by atoms with Crippen LogP contribution in [0.1, 0.15) is 28.8 Å². The van der Waals surface area contributed by atoms with Gasteiger partial charge < -0.3 is 29.0 Å². The fourth-order valence-corrected chi connectivity index (χ4v) is 3.40. The summed E-state index contributed by atoms with van der Waals surface area (Å²) in [5.41, 5.74) is 0.736. The number of nitrogens with zero attached hydrogens (tertiary/aromatic N) is 1. The van der Waals surface area contributed by atoms with E-state index in [1.165, 1.54) is 39.5 Å². The average Bonchev–Trinajstić information content (AvgIpc) is 3.39. The Hall–Kier alpha value is -4.03. The summed E-state index contributed by atoms with van der Waals surface area (Å²) in [5, 5.41) is 12.1. The van der Waals surface area contributed by atoms with Crippen molar-refractivity contribution in [2.45, 2.75) is 18.9 Å². The zero-order valence-electron chi connectivity index (χ0n) is 19.3. The van der Waals surface area contributed by atoms with Gasteiger partial charge in [-0.25, -0.2) is 4.79 Å². The molecule has 1 atom stereocenters. The van der Waals surface area contributed by atoms with Crippen LogP contribution in [0.2, 0.25) is 0 Å². The van der Waals surface area contributed by atoms with E-state index >= 15 is 0 Å². The molecule has 3 rings (SSSR count). The molecule has 0 aromatic heterocycles. The normalized spacial score (nSPS) is 15.2. The van der Waals surface area contributed by atoms with Crippen molar-refractivity contribution in [2.24, 2.45) is 0 Å². The lowest BCUT2D eigenvalue weighted by Gasteiger charge is -2.12. The molecule has 1 aliphatic rings. The van der Waals surface area contributed by atoms with Gasteiger partial charge >= 0.3 is 5.97 Å². The number of esters is 1. The Morgan fingerprint density at radius 3 is 2.41 bits per heavy atom. The van der Waals surface area contributed by atoms with Crippen LogP contribution in [0.15, 0.2) is 42.0 Å². The molecule has 1 saturated heterocycles. The second kappa shape index (κ2) is 11.7. The van der Waals surface area contributed by atoms with Crippen LogP contribution in [0.4, 0.5) is 0 Å². The SMILES string of the molecule is COc1ccc(C(=O)Oc2ccc(/C=C(/C#N)C(=O)NC[C@@H]3CCCO3)cc2OC)cc1OC. The number of rotatable bonds is 9. The Bertz CT molecular complexity index is 1110. The van der Waals surface area contributed by atoms with Gasteiger partial charge in [0.05, 0.1) is 33.0 Å². The Kier molecular flexibility index (Phi) is 8.48. The first-order valence-corrected chi connectivity index (χ1v) is 10.6. The number of nitriles is 1. The lowest BCUT2D eigenvalue weighted by molar-refractivity contribution is -0.117. The molecule has 0 unspecified atom stereocenters. The third kappa shape index (κ3) is 6.05. The maximum atomic E-state index is 12.6. The van der Waals surface area contributed by atoms with Gasteiger partial charge in [-0.15, -0.1) is 0 Å². The van der Waals surface area contributed by atoms with Crippen molar-refractivity contribution in [3.63, 3.8) is 0 Å². The number of hydrogen-bond acceptors (Lipinski definition) is 8. The third-order valence-corrected chi connectivity index (χ3v) is 5.20. The lowest BCUT2D eigenvalue weighted by Crippen LogP contribution is -2.32. The first-order chi connectivity index (χ1) is 16.5. The van der Waals surface area contributed by atoms with Gasteiger partial charge in [-0.3, -0.25) is 4.79 Å². The average molecular weight is 466 g/mol. The van der Waals surface area contributed by atoms with Crippen LogP contribution in [0.5, 0.6) is 23.0 Å². The molecule has 0 radical (unpaired) electrons. The van der Waals surface area contributed by atoms with Crippen molar-refractivity contribution >= 4 is 18.0 Å². The highest BCUT2D eigenvalue weighted by atomic mass is 16.6. The molecular formula is C25H26N2O7. The number of nitrogens with one attached hydrogen (secondary N) is 1. The first-order valence-electron chi connectivity index (χ1n) is 10.6. The largest absolute Gasteiger partial charge is 0.493 e. The number of ether oxygens (including phenoxy) is 5. The Labute approximate surface area is 197 Å². The summed E-state index contributed by atoms with van der Waals surface area (Å²) in [4.78, 5) is 25.0. The van der Waals surface area contributed by atoms with Crippen LogP contribution in [0.25, 0.3) is 6.08 Å². The predicted octanol–water partition coefficient (Wildman–Crippen LogP) is 3.13. The van der Waals surface area contributed by atoms with Gasteiger partial charge in [0.25, 0.3) is 5.91 Å². The van der Waals surface area contributed by atoms with Crippen molar-refractivity contribution < 1.29 is 33.3 Å². The maximum absolute atomic E-state index is 12.6. The van der Waals surface area contributed by atoms with Gasteiger partial charge in [-0.1, -0.05) is 6.07 Å². The molecule has 0 spiro atoms. The quantitative estimate of drug-likeness (QED) is 0.259. The van der Waals surface area contributed by atoms with E-state index < -0.39 is 11.9 Å². The number of methoxy groups -OCH3 is 3. The minimum atomic E-state index is -0.617. The summed E-state index contributed by atoms with van der Waals surface area (Å²) in [6, 6.07) is 11.3. The van der Waals surface area contributed by atoms with E-state index in [0.717, 1.165) is 12.8 Å². The van der Waals surface area contributed by atoms with Crippen LogP contribution in [-0.2, 0) is 9.53 Å². The molecule has 2 aromatic carbocycles. The molecule has 9 nitrogen and oxygen atoms in total. The molecular weight excluding hydrogens is 440 g/mol. The molecule has 1 amide bonds. The molecule has 34 heavy (non-hydrogen) atoms. The summed E-state index contributed by atoms with van der Waals surface area (Å²) in [5.74, 6) is 0.224. The highest BCUT2D eigenvalue weighted by Gasteiger charge is 2.19. The predicted molar refractivity (Wildman–Crippen MR) is 123 cm³/mol. The number of hydrogen-bond donors (Lipinski definition) is 1. The molecule has 0 bridgehead atoms. The van der Waals surface area contributed by atoms with E-state index in [9.17, 15) is 14.9 Å². The topological polar surface area (TPSA) is 116 Å². The van der Waals surface area contributed by atoms with Gasteiger partial charge in [-0.05, 0) is 54.8 Å². The minimum absolute atomic E-state index is 0.0244. The first kappa shape index (κ1) is 24.6. The zero-order chi connectivity index (χ0) is 24.5. The number of amides is 1. The molecule has 0 saturated carbocycles. The highest BCUT2D eigenvalue weighted by Crippen LogP contribution is 2.31. The van der Waals surface area contributed by atoms with Gasteiger partial charge in [0.2, 0.25) is 0 Å². The van der Waals surface area contributed by atoms with E-state index in [-0.39, 0.29) is 28.7 Å². The molecule has 9 heteroatoms. The van der Waals surface area contributed by atoms with Crippen LogP contribution < -0.4 is 24.3 Å². The molecule has 0 aliphatic carbocycles. The molecule has 1 fully saturated rings. The summed E-state index contributed by atoms with van der Waals surface area (Å²) in [7, 11) is 4.40. The van der Waals surface area contributed by atoms with Gasteiger partial charge in [0.15, 0.2) is 23.0 Å². The van der Waals surface area contributed by atoms with Crippen LogP contribution in [0, 0.1) is 11.3 Å². The Morgan fingerprint density at radius 1 is 1.06 bits per heavy atom. The smallest absolute Gasteiger partial charge is 0.343 e. The minimum Gasteiger partial charge on any atom is -0.493 e. The monoisotopic (exact) mass is 466 g/mol. The summed E-state index contributed by atoms with van der Waals surface area (Å²) in [6.07, 6.45) is 3.26. The van der Waals surface area contributed by atoms with Gasteiger partial charge in [0.1, 0.15) is 11.6 Å². The lowest BCUT2D eigenvalue weighted by atomic mass is 10.1. The van der Waals surface area contributed by atoms with E-state index in [2.05, 4.69) is 5.32 Å². The van der Waals surface area contributed by atoms with E-state index in [1.54, 1.807) is 24.3 Å². The van der Waals surface area contributed by atoms with Gasteiger partial charge in [0, 0.05) is 13.2 Å². The fourth-order valence-electron chi connectivity index (χ4n) is 3.40. The molecule has 1 N–H and O–H groups in total. The van der Waals surface area contributed by atoms with Crippen LogP contribution in [-0.4, -0.2) is 52.5 Å². The van der Waals surface area contributed by atoms with E-state index in [0.29, 0.717) is 30.2 Å². The molecule has 1 heterocycles. The number of carbonyl (C=O) groups excluding carboxylic acids is 2. The number of carbonyl (C=O) groups is 2. The second-order valence-corrected chi connectivity index (χ2v) is 7.38. The van der Waals surface area contributed by atoms with Crippen molar-refractivity contribution in [3.8, 4) is 29.1 Å². The van der Waals surface area contributed by atoms with Crippen molar-refractivity contribution in [1.29, 1.82) is 5.26 Å². The summed E-state index contributed by atoms with van der Waals surface area (Å²) in [6.45, 7) is 1.04. The Balaban J connectivity index is 1.73. The second-order valence-electron chi connectivity index (χ2n) is 7.38.